The van der Waals surface area contributed by atoms with Crippen LogP contribution in [-0.2, 0) is 0 Å². The van der Waals surface area contributed by atoms with Gasteiger partial charge in [-0.15, -0.1) is 0 Å². The van der Waals surface area contributed by atoms with E-state index in [1.807, 2.05) is 0 Å². The van der Waals surface area contributed by atoms with Gasteiger partial charge in [0.1, 0.15) is 0 Å². The second-order valence-corrected chi connectivity index (χ2v) is 6.60. The molecular weight excluding hydrogens is 206 g/mol. The minimum Gasteiger partial charge on any atom is -0.306 e. The highest BCUT2D eigenvalue weighted by molar-refractivity contribution is 6.29. The molecule has 84 valence electrons. The van der Waals surface area contributed by atoms with Crippen LogP contribution in [0.5, 0.6) is 0 Å². The average Bonchev–Trinajstić information content (AvgIpc) is 2.12. The molecular formula is C13H20ClN. The molecule has 0 atom stereocenters. The molecule has 0 aromatic carbocycles. The van der Waals surface area contributed by atoms with E-state index in [0.29, 0.717) is 5.54 Å². The molecule has 0 heterocycles. The Morgan fingerprint density at radius 3 is 2.00 bits per heavy atom. The van der Waals surface area contributed by atoms with E-state index in [-0.39, 0.29) is 0 Å². The van der Waals surface area contributed by atoms with Crippen LogP contribution in [0.4, 0.5) is 0 Å². The van der Waals surface area contributed by atoms with Gasteiger partial charge in [0.15, 0.2) is 0 Å². The monoisotopic (exact) mass is 225 g/mol. The van der Waals surface area contributed by atoms with Crippen LogP contribution in [0, 0.1) is 17.8 Å². The van der Waals surface area contributed by atoms with Crippen molar-refractivity contribution >= 4 is 11.6 Å². The predicted octanol–water partition coefficient (Wildman–Crippen LogP) is 3.30. The molecule has 0 aromatic heterocycles. The van der Waals surface area contributed by atoms with E-state index in [9.17, 15) is 0 Å². The Balaban J connectivity index is 1.72. The number of rotatable bonds is 3. The summed E-state index contributed by atoms with van der Waals surface area (Å²) in [5.41, 5.74) is 0.437. The van der Waals surface area contributed by atoms with E-state index >= 15 is 0 Å². The maximum Gasteiger partial charge on any atom is 0.0312 e. The fraction of sp³-hybridized carbons (Fsp3) is 0.846. The van der Waals surface area contributed by atoms with Crippen LogP contribution in [0.2, 0.25) is 0 Å². The van der Waals surface area contributed by atoms with Crippen molar-refractivity contribution in [1.29, 1.82) is 0 Å². The minimum atomic E-state index is 0.437. The van der Waals surface area contributed by atoms with Gasteiger partial charge in [0.2, 0.25) is 0 Å². The van der Waals surface area contributed by atoms with E-state index in [1.165, 1.54) is 38.5 Å². The Morgan fingerprint density at radius 1 is 1.13 bits per heavy atom. The summed E-state index contributed by atoms with van der Waals surface area (Å²) in [6.45, 7) is 4.57. The maximum absolute atomic E-state index is 5.86. The third-order valence-corrected chi connectivity index (χ3v) is 4.83. The quantitative estimate of drug-likeness (QED) is 0.777. The molecule has 0 saturated heterocycles. The summed E-state index contributed by atoms with van der Waals surface area (Å²) in [4.78, 5) is 0. The van der Waals surface area contributed by atoms with Crippen LogP contribution in [0.15, 0.2) is 11.6 Å². The molecule has 4 saturated carbocycles. The molecule has 0 aliphatic heterocycles. The van der Waals surface area contributed by atoms with E-state index in [1.54, 1.807) is 0 Å². The summed E-state index contributed by atoms with van der Waals surface area (Å²) in [6.07, 6.45) is 8.68. The van der Waals surface area contributed by atoms with Crippen LogP contribution >= 0.6 is 11.6 Å². The molecule has 0 spiro atoms. The molecule has 0 unspecified atom stereocenters. The first-order chi connectivity index (χ1) is 7.15. The lowest BCUT2D eigenvalue weighted by molar-refractivity contribution is -0.0180. The molecule has 2 heteroatoms. The van der Waals surface area contributed by atoms with Gasteiger partial charge in [-0.25, -0.2) is 0 Å². The fourth-order valence-electron chi connectivity index (χ4n) is 4.61. The van der Waals surface area contributed by atoms with Crippen LogP contribution < -0.4 is 5.32 Å². The van der Waals surface area contributed by atoms with Crippen LogP contribution in [0.25, 0.3) is 0 Å². The smallest absolute Gasteiger partial charge is 0.0312 e. The van der Waals surface area contributed by atoms with Crippen LogP contribution in [-0.4, -0.2) is 12.1 Å². The second-order valence-electron chi connectivity index (χ2n) is 6.07. The van der Waals surface area contributed by atoms with Crippen molar-refractivity contribution in [2.24, 2.45) is 17.8 Å². The van der Waals surface area contributed by atoms with Gasteiger partial charge in [0.25, 0.3) is 0 Å². The lowest BCUT2D eigenvalue weighted by Crippen LogP contribution is -2.58. The van der Waals surface area contributed by atoms with Gasteiger partial charge in [-0.3, -0.25) is 0 Å². The number of halogens is 1. The van der Waals surface area contributed by atoms with Crippen molar-refractivity contribution < 1.29 is 0 Å². The van der Waals surface area contributed by atoms with Crippen molar-refractivity contribution in [2.75, 3.05) is 6.54 Å². The molecule has 1 N–H and O–H groups in total. The zero-order valence-corrected chi connectivity index (χ0v) is 10.0. The first-order valence-electron chi connectivity index (χ1n) is 6.23. The van der Waals surface area contributed by atoms with Gasteiger partial charge in [-0.05, 0) is 56.3 Å². The molecule has 0 aromatic rings. The Labute approximate surface area is 97.3 Å². The first-order valence-corrected chi connectivity index (χ1v) is 6.61. The van der Waals surface area contributed by atoms with Gasteiger partial charge in [-0.2, -0.15) is 0 Å². The van der Waals surface area contributed by atoms with E-state index < -0.39 is 0 Å². The number of hydrogen-bond donors (Lipinski definition) is 1. The van der Waals surface area contributed by atoms with Crippen molar-refractivity contribution in [3.63, 3.8) is 0 Å². The fourth-order valence-corrected chi connectivity index (χ4v) is 4.68. The number of hydrogen-bond acceptors (Lipinski definition) is 1. The standard InChI is InChI=1S/C13H20ClN/c1-9(14)8-15-13-5-10-2-11(6-13)4-12(3-10)7-13/h10-12,15H,1-8H2. The predicted molar refractivity (Wildman–Crippen MR) is 63.9 cm³/mol. The Hall–Kier alpha value is -0.0100. The molecule has 0 amide bonds. The Morgan fingerprint density at radius 2 is 1.60 bits per heavy atom. The van der Waals surface area contributed by atoms with E-state index in [4.69, 9.17) is 11.6 Å². The molecule has 1 nitrogen and oxygen atoms in total. The highest BCUT2D eigenvalue weighted by Crippen LogP contribution is 2.55. The lowest BCUT2D eigenvalue weighted by Gasteiger charge is -2.57. The normalized spacial score (nSPS) is 47.1. The zero-order valence-electron chi connectivity index (χ0n) is 9.27. The molecule has 0 radical (unpaired) electrons. The summed E-state index contributed by atoms with van der Waals surface area (Å²) >= 11 is 5.86. The summed E-state index contributed by atoms with van der Waals surface area (Å²) in [7, 11) is 0. The SMILES string of the molecule is C=C(Cl)CNC12CC3CC(CC(C3)C1)C2. The summed E-state index contributed by atoms with van der Waals surface area (Å²) in [6, 6.07) is 0. The third kappa shape index (κ3) is 1.85. The van der Waals surface area contributed by atoms with Gasteiger partial charge in [0, 0.05) is 17.1 Å². The van der Waals surface area contributed by atoms with Crippen molar-refractivity contribution in [1.82, 2.24) is 5.32 Å². The second kappa shape index (κ2) is 3.49. The maximum atomic E-state index is 5.86. The topological polar surface area (TPSA) is 12.0 Å². The minimum absolute atomic E-state index is 0.437. The summed E-state index contributed by atoms with van der Waals surface area (Å²) in [5.74, 6) is 3.02. The third-order valence-electron chi connectivity index (χ3n) is 4.69. The van der Waals surface area contributed by atoms with Crippen molar-refractivity contribution in [3.8, 4) is 0 Å². The highest BCUT2D eigenvalue weighted by Gasteiger charge is 2.50. The van der Waals surface area contributed by atoms with E-state index in [0.717, 1.165) is 29.3 Å². The highest BCUT2D eigenvalue weighted by atomic mass is 35.5. The average molecular weight is 226 g/mol. The molecule has 4 aliphatic rings. The van der Waals surface area contributed by atoms with Gasteiger partial charge in [-0.1, -0.05) is 18.2 Å². The Kier molecular flexibility index (Phi) is 2.37. The summed E-state index contributed by atoms with van der Waals surface area (Å²) < 4.78 is 0. The first kappa shape index (κ1) is 10.2. The van der Waals surface area contributed by atoms with Crippen molar-refractivity contribution in [2.45, 2.75) is 44.1 Å². The summed E-state index contributed by atoms with van der Waals surface area (Å²) in [5, 5.41) is 4.45. The van der Waals surface area contributed by atoms with Gasteiger partial charge >= 0.3 is 0 Å². The number of nitrogens with one attached hydrogen (secondary N) is 1. The molecule has 4 fully saturated rings. The van der Waals surface area contributed by atoms with Crippen LogP contribution in [0.1, 0.15) is 38.5 Å². The van der Waals surface area contributed by atoms with Crippen LogP contribution in [0.3, 0.4) is 0 Å². The Bertz CT molecular complexity index is 249. The lowest BCUT2D eigenvalue weighted by atomic mass is 9.53. The zero-order chi connectivity index (χ0) is 10.5. The van der Waals surface area contributed by atoms with Gasteiger partial charge in [0.05, 0.1) is 0 Å². The molecule has 4 bridgehead atoms. The molecule has 4 aliphatic carbocycles. The molecule has 15 heavy (non-hydrogen) atoms. The molecule has 4 rings (SSSR count). The largest absolute Gasteiger partial charge is 0.306 e. The van der Waals surface area contributed by atoms with E-state index in [2.05, 4.69) is 11.9 Å². The van der Waals surface area contributed by atoms with Gasteiger partial charge < -0.3 is 5.32 Å². The van der Waals surface area contributed by atoms with Crippen molar-refractivity contribution in [3.05, 3.63) is 11.6 Å².